The zero-order valence-electron chi connectivity index (χ0n) is 7.70. The van der Waals surface area contributed by atoms with Crippen molar-refractivity contribution in [2.24, 2.45) is 0 Å². The van der Waals surface area contributed by atoms with Crippen LogP contribution in [-0.4, -0.2) is 4.98 Å². The predicted octanol–water partition coefficient (Wildman–Crippen LogP) is 3.46. The molecule has 1 aromatic heterocycles. The van der Waals surface area contributed by atoms with Gasteiger partial charge in [-0.2, -0.15) is 0 Å². The molecule has 1 heterocycles. The summed E-state index contributed by atoms with van der Waals surface area (Å²) in [5.41, 5.74) is 2.20. The first-order chi connectivity index (χ1) is 6.78. The molecule has 2 heteroatoms. The SMILES string of the molecule is ClC1(c2cnc3ccccc3c2)CC1. The summed E-state index contributed by atoms with van der Waals surface area (Å²) in [4.78, 5) is 4.30. The Kier molecular flexibility index (Phi) is 1.59. The Bertz CT molecular complexity index is 488. The molecule has 0 saturated heterocycles. The van der Waals surface area contributed by atoms with Crippen molar-refractivity contribution in [2.45, 2.75) is 17.7 Å². The lowest BCUT2D eigenvalue weighted by Crippen LogP contribution is -1.96. The first-order valence-corrected chi connectivity index (χ1v) is 5.20. The first kappa shape index (κ1) is 8.25. The second kappa shape index (κ2) is 2.71. The fourth-order valence-electron chi connectivity index (χ4n) is 1.71. The van der Waals surface area contributed by atoms with Crippen molar-refractivity contribution < 1.29 is 0 Å². The van der Waals surface area contributed by atoms with Gasteiger partial charge in [0.05, 0.1) is 10.4 Å². The van der Waals surface area contributed by atoms with Gasteiger partial charge in [0.2, 0.25) is 0 Å². The molecule has 1 fully saturated rings. The Labute approximate surface area is 87.7 Å². The highest BCUT2D eigenvalue weighted by Gasteiger charge is 2.42. The second-order valence-electron chi connectivity index (χ2n) is 3.88. The third-order valence-corrected chi connectivity index (χ3v) is 3.39. The van der Waals surface area contributed by atoms with E-state index < -0.39 is 0 Å². The summed E-state index contributed by atoms with van der Waals surface area (Å²) in [7, 11) is 0. The average molecular weight is 204 g/mol. The Morgan fingerprint density at radius 2 is 2.00 bits per heavy atom. The fraction of sp³-hybridized carbons (Fsp3) is 0.250. The average Bonchev–Trinajstić information content (AvgIpc) is 2.97. The van der Waals surface area contributed by atoms with Crippen molar-refractivity contribution in [1.82, 2.24) is 4.98 Å². The van der Waals surface area contributed by atoms with E-state index in [1.807, 2.05) is 24.4 Å². The summed E-state index contributed by atoms with van der Waals surface area (Å²) < 4.78 is 0. The molecule has 2 aromatic rings. The lowest BCUT2D eigenvalue weighted by Gasteiger charge is -2.06. The third kappa shape index (κ3) is 1.20. The van der Waals surface area contributed by atoms with Crippen LogP contribution < -0.4 is 0 Å². The monoisotopic (exact) mass is 203 g/mol. The molecule has 1 aromatic carbocycles. The van der Waals surface area contributed by atoms with Crippen LogP contribution in [0.3, 0.4) is 0 Å². The van der Waals surface area contributed by atoms with E-state index in [1.165, 1.54) is 5.39 Å². The summed E-state index contributed by atoms with van der Waals surface area (Å²) in [6, 6.07) is 10.3. The minimum Gasteiger partial charge on any atom is -0.256 e. The number of hydrogen-bond donors (Lipinski definition) is 0. The molecule has 0 radical (unpaired) electrons. The van der Waals surface area contributed by atoms with Crippen molar-refractivity contribution in [3.8, 4) is 0 Å². The first-order valence-electron chi connectivity index (χ1n) is 4.82. The maximum atomic E-state index is 6.33. The topological polar surface area (TPSA) is 12.9 Å². The number of nitrogens with zero attached hydrogens (tertiary/aromatic N) is 1. The summed E-state index contributed by atoms with van der Waals surface area (Å²) in [6.45, 7) is 0. The smallest absolute Gasteiger partial charge is 0.0711 e. The summed E-state index contributed by atoms with van der Waals surface area (Å²) in [6.07, 6.45) is 4.06. The van der Waals surface area contributed by atoms with Gasteiger partial charge >= 0.3 is 0 Å². The fourth-order valence-corrected chi connectivity index (χ4v) is 1.91. The molecule has 1 aliphatic rings. The van der Waals surface area contributed by atoms with Crippen LogP contribution in [-0.2, 0) is 4.87 Å². The molecule has 0 atom stereocenters. The van der Waals surface area contributed by atoms with Crippen LogP contribution in [0.5, 0.6) is 0 Å². The number of halogens is 1. The highest BCUT2D eigenvalue weighted by Crippen LogP contribution is 2.52. The van der Waals surface area contributed by atoms with Crippen LogP contribution in [0.2, 0.25) is 0 Å². The summed E-state index contributed by atoms with van der Waals surface area (Å²) >= 11 is 6.33. The van der Waals surface area contributed by atoms with Crippen LogP contribution in [0.15, 0.2) is 36.5 Å². The van der Waals surface area contributed by atoms with E-state index in [0.717, 1.165) is 23.9 Å². The lowest BCUT2D eigenvalue weighted by molar-refractivity contribution is 1.00. The normalized spacial score (nSPS) is 18.4. The van der Waals surface area contributed by atoms with Gasteiger partial charge in [-0.25, -0.2) is 0 Å². The number of benzene rings is 1. The standard InChI is InChI=1S/C12H10ClN/c13-12(5-6-12)10-7-9-3-1-2-4-11(9)14-8-10/h1-4,7-8H,5-6H2. The van der Waals surface area contributed by atoms with E-state index in [4.69, 9.17) is 11.6 Å². The Hall–Kier alpha value is -1.08. The van der Waals surface area contributed by atoms with Crippen molar-refractivity contribution in [1.29, 1.82) is 0 Å². The van der Waals surface area contributed by atoms with Crippen molar-refractivity contribution >= 4 is 22.5 Å². The molecule has 1 aliphatic carbocycles. The van der Waals surface area contributed by atoms with E-state index in [0.29, 0.717) is 0 Å². The molecule has 70 valence electrons. The van der Waals surface area contributed by atoms with Gasteiger partial charge in [-0.3, -0.25) is 4.98 Å². The number of alkyl halides is 1. The quantitative estimate of drug-likeness (QED) is 0.647. The lowest BCUT2D eigenvalue weighted by atomic mass is 10.1. The molecule has 14 heavy (non-hydrogen) atoms. The van der Waals surface area contributed by atoms with E-state index in [2.05, 4.69) is 17.1 Å². The number of fused-ring (bicyclic) bond motifs is 1. The molecule has 0 N–H and O–H groups in total. The van der Waals surface area contributed by atoms with E-state index in [-0.39, 0.29) is 4.87 Å². The van der Waals surface area contributed by atoms with Gasteiger partial charge in [0.1, 0.15) is 0 Å². The van der Waals surface area contributed by atoms with Crippen molar-refractivity contribution in [3.05, 3.63) is 42.1 Å². The van der Waals surface area contributed by atoms with Gasteiger partial charge in [0.25, 0.3) is 0 Å². The van der Waals surface area contributed by atoms with Gasteiger partial charge in [-0.05, 0) is 30.5 Å². The van der Waals surface area contributed by atoms with E-state index >= 15 is 0 Å². The molecule has 0 amide bonds. The van der Waals surface area contributed by atoms with Gasteiger partial charge in [-0.1, -0.05) is 18.2 Å². The summed E-state index contributed by atoms with van der Waals surface area (Å²) in [5, 5.41) is 1.18. The predicted molar refractivity (Wildman–Crippen MR) is 58.5 cm³/mol. The molecule has 0 unspecified atom stereocenters. The van der Waals surface area contributed by atoms with Crippen molar-refractivity contribution in [2.75, 3.05) is 0 Å². The van der Waals surface area contributed by atoms with Gasteiger partial charge in [-0.15, -0.1) is 11.6 Å². The number of hydrogen-bond acceptors (Lipinski definition) is 1. The highest BCUT2D eigenvalue weighted by molar-refractivity contribution is 6.26. The number of para-hydroxylation sites is 1. The molecular weight excluding hydrogens is 194 g/mol. The summed E-state index contributed by atoms with van der Waals surface area (Å²) in [5.74, 6) is 0. The molecular formula is C12H10ClN. The second-order valence-corrected chi connectivity index (χ2v) is 4.61. The molecule has 0 aliphatic heterocycles. The van der Waals surface area contributed by atoms with Crippen LogP contribution in [0.4, 0.5) is 0 Å². The zero-order chi connectivity index (χ0) is 9.60. The molecule has 0 bridgehead atoms. The molecule has 3 rings (SSSR count). The largest absolute Gasteiger partial charge is 0.256 e. The highest BCUT2D eigenvalue weighted by atomic mass is 35.5. The van der Waals surface area contributed by atoms with Gasteiger partial charge in [0.15, 0.2) is 0 Å². The van der Waals surface area contributed by atoms with Gasteiger partial charge < -0.3 is 0 Å². The van der Waals surface area contributed by atoms with Crippen LogP contribution in [0, 0.1) is 0 Å². The molecule has 1 saturated carbocycles. The van der Waals surface area contributed by atoms with Crippen LogP contribution >= 0.6 is 11.6 Å². The zero-order valence-corrected chi connectivity index (χ0v) is 8.46. The maximum Gasteiger partial charge on any atom is 0.0711 e. The maximum absolute atomic E-state index is 6.33. The molecule has 0 spiro atoms. The van der Waals surface area contributed by atoms with E-state index in [1.54, 1.807) is 0 Å². The van der Waals surface area contributed by atoms with Crippen molar-refractivity contribution in [3.63, 3.8) is 0 Å². The van der Waals surface area contributed by atoms with Crippen LogP contribution in [0.1, 0.15) is 18.4 Å². The minimum atomic E-state index is -0.100. The Morgan fingerprint density at radius 3 is 2.79 bits per heavy atom. The number of pyridine rings is 1. The number of aromatic nitrogens is 1. The molecule has 1 nitrogen and oxygen atoms in total. The van der Waals surface area contributed by atoms with E-state index in [9.17, 15) is 0 Å². The van der Waals surface area contributed by atoms with Gasteiger partial charge in [0, 0.05) is 11.6 Å². The third-order valence-electron chi connectivity index (χ3n) is 2.80. The Morgan fingerprint density at radius 1 is 1.21 bits per heavy atom. The minimum absolute atomic E-state index is 0.100. The Balaban J connectivity index is 2.20. The number of rotatable bonds is 1. The van der Waals surface area contributed by atoms with Crippen LogP contribution in [0.25, 0.3) is 10.9 Å².